The van der Waals surface area contributed by atoms with E-state index in [0.29, 0.717) is 10.6 Å². The molecule has 1 fully saturated rings. The number of sulfone groups is 1. The quantitative estimate of drug-likeness (QED) is 0.726. The van der Waals surface area contributed by atoms with Crippen LogP contribution >= 0.6 is 11.6 Å². The summed E-state index contributed by atoms with van der Waals surface area (Å²) in [6.45, 7) is -0.170. The van der Waals surface area contributed by atoms with E-state index in [1.165, 1.54) is 0 Å². The van der Waals surface area contributed by atoms with Gasteiger partial charge < -0.3 is 9.84 Å². The van der Waals surface area contributed by atoms with Crippen molar-refractivity contribution in [3.63, 3.8) is 0 Å². The van der Waals surface area contributed by atoms with Gasteiger partial charge in [0.25, 0.3) is 11.8 Å². The summed E-state index contributed by atoms with van der Waals surface area (Å²) in [5.41, 5.74) is 0.649. The number of carbonyl (C=O) groups is 2. The molecule has 1 aliphatic heterocycles. The van der Waals surface area contributed by atoms with E-state index in [1.807, 2.05) is 0 Å². The van der Waals surface area contributed by atoms with Gasteiger partial charge in [0.2, 0.25) is 0 Å². The Balaban J connectivity index is 1.68. The van der Waals surface area contributed by atoms with Gasteiger partial charge in [0, 0.05) is 16.8 Å². The van der Waals surface area contributed by atoms with Crippen LogP contribution in [0.3, 0.4) is 0 Å². The van der Waals surface area contributed by atoms with E-state index >= 15 is 0 Å². The highest BCUT2D eigenvalue weighted by Gasteiger charge is 2.38. The molecule has 3 amide bonds. The lowest BCUT2D eigenvalue weighted by molar-refractivity contribution is -0.128. The highest BCUT2D eigenvalue weighted by Crippen LogP contribution is 2.21. The van der Waals surface area contributed by atoms with Crippen molar-refractivity contribution in [2.45, 2.75) is 19.0 Å². The van der Waals surface area contributed by atoms with E-state index in [4.69, 9.17) is 16.1 Å². The second-order valence-electron chi connectivity index (χ2n) is 5.87. The second-order valence-corrected chi connectivity index (χ2v) is 8.56. The minimum Gasteiger partial charge on any atom is -0.334 e. The lowest BCUT2D eigenvalue weighted by Crippen LogP contribution is -2.32. The number of carbonyl (C=O) groups excluding carboxylic acids is 2. The number of hydrogen-bond donors (Lipinski definition) is 1. The van der Waals surface area contributed by atoms with Gasteiger partial charge in [-0.1, -0.05) is 16.8 Å². The second kappa shape index (κ2) is 7.04. The monoisotopic (exact) mass is 398 g/mol. The molecule has 1 N–H and O–H groups in total. The Labute approximate surface area is 154 Å². The third-order valence-electron chi connectivity index (χ3n) is 3.74. The Kier molecular flexibility index (Phi) is 4.97. The molecular weight excluding hydrogens is 384 g/mol. The summed E-state index contributed by atoms with van der Waals surface area (Å²) >= 11 is 5.82. The maximum Gasteiger partial charge on any atom is 0.325 e. The highest BCUT2D eigenvalue weighted by molar-refractivity contribution is 7.90. The first-order chi connectivity index (χ1) is 12.2. The fourth-order valence-electron chi connectivity index (χ4n) is 2.42. The predicted octanol–water partition coefficient (Wildman–Crippen LogP) is 1.25. The number of benzene rings is 1. The number of hydrogen-bond acceptors (Lipinski definition) is 7. The first-order valence-electron chi connectivity index (χ1n) is 7.61. The SMILES string of the molecule is CS(=O)(=O)CC[C@@H]1NC(=O)N(Cc2noc(-c3ccc(Cl)cc3)n2)C1=O. The summed E-state index contributed by atoms with van der Waals surface area (Å²) in [4.78, 5) is 29.4. The Bertz CT molecular complexity index is 941. The predicted molar refractivity (Wildman–Crippen MR) is 91.9 cm³/mol. The molecular formula is C15H15ClN4O5S. The zero-order valence-corrected chi connectivity index (χ0v) is 15.2. The number of nitrogens with one attached hydrogen (secondary N) is 1. The Morgan fingerprint density at radius 3 is 2.62 bits per heavy atom. The minimum absolute atomic E-state index is 0.0160. The van der Waals surface area contributed by atoms with Crippen LogP contribution in [-0.4, -0.2) is 53.4 Å². The molecule has 26 heavy (non-hydrogen) atoms. The largest absolute Gasteiger partial charge is 0.334 e. The number of urea groups is 1. The standard InChI is InChI=1S/C15H15ClN4O5S/c1-26(23,24)7-6-11-14(21)20(15(22)17-11)8-12-18-13(25-19-12)9-2-4-10(16)5-3-9/h2-5,11H,6-8H2,1H3,(H,17,22)/t11-/m0/s1. The zero-order valence-electron chi connectivity index (χ0n) is 13.7. The number of halogens is 1. The molecule has 3 rings (SSSR count). The molecule has 9 nitrogen and oxygen atoms in total. The van der Waals surface area contributed by atoms with E-state index in [0.717, 1.165) is 11.2 Å². The average Bonchev–Trinajstić information content (AvgIpc) is 3.13. The molecule has 0 spiro atoms. The maximum absolute atomic E-state index is 12.3. The number of aromatic nitrogens is 2. The third-order valence-corrected chi connectivity index (χ3v) is 4.97. The Morgan fingerprint density at radius 1 is 1.27 bits per heavy atom. The molecule has 2 heterocycles. The van der Waals surface area contributed by atoms with Crippen molar-refractivity contribution in [2.24, 2.45) is 0 Å². The van der Waals surface area contributed by atoms with Gasteiger partial charge in [0.15, 0.2) is 5.82 Å². The molecule has 11 heteroatoms. The number of amides is 3. The molecule has 0 unspecified atom stereocenters. The van der Waals surface area contributed by atoms with Crippen molar-refractivity contribution in [3.05, 3.63) is 35.1 Å². The van der Waals surface area contributed by atoms with Crippen LogP contribution in [0.1, 0.15) is 12.2 Å². The van der Waals surface area contributed by atoms with Gasteiger partial charge in [0.05, 0.1) is 12.3 Å². The van der Waals surface area contributed by atoms with Gasteiger partial charge in [-0.3, -0.25) is 9.69 Å². The molecule has 0 saturated carbocycles. The smallest absolute Gasteiger partial charge is 0.325 e. The van der Waals surface area contributed by atoms with Crippen molar-refractivity contribution in [3.8, 4) is 11.5 Å². The van der Waals surface area contributed by atoms with Gasteiger partial charge in [0.1, 0.15) is 15.9 Å². The lowest BCUT2D eigenvalue weighted by atomic mass is 10.2. The minimum atomic E-state index is -3.23. The molecule has 1 atom stereocenters. The van der Waals surface area contributed by atoms with Crippen molar-refractivity contribution >= 4 is 33.4 Å². The number of nitrogens with zero attached hydrogens (tertiary/aromatic N) is 3. The Hall–Kier alpha value is -2.46. The molecule has 1 aromatic carbocycles. The molecule has 1 saturated heterocycles. The Morgan fingerprint density at radius 2 is 1.96 bits per heavy atom. The molecule has 1 aliphatic rings. The molecule has 138 valence electrons. The average molecular weight is 399 g/mol. The van der Waals surface area contributed by atoms with Crippen LogP contribution in [0.2, 0.25) is 5.02 Å². The van der Waals surface area contributed by atoms with Crippen LogP contribution in [0.25, 0.3) is 11.5 Å². The molecule has 1 aromatic heterocycles. The number of rotatable bonds is 6. The van der Waals surface area contributed by atoms with Crippen molar-refractivity contribution < 1.29 is 22.5 Å². The van der Waals surface area contributed by atoms with E-state index in [2.05, 4.69) is 15.5 Å². The fourth-order valence-corrected chi connectivity index (χ4v) is 3.21. The van der Waals surface area contributed by atoms with Crippen LogP contribution in [0.5, 0.6) is 0 Å². The van der Waals surface area contributed by atoms with Crippen LogP contribution < -0.4 is 5.32 Å². The van der Waals surface area contributed by atoms with Gasteiger partial charge in [-0.25, -0.2) is 13.2 Å². The summed E-state index contributed by atoms with van der Waals surface area (Å²) in [7, 11) is -3.23. The summed E-state index contributed by atoms with van der Waals surface area (Å²) < 4.78 is 27.6. The lowest BCUT2D eigenvalue weighted by Gasteiger charge is -2.10. The van der Waals surface area contributed by atoms with Crippen LogP contribution in [-0.2, 0) is 21.2 Å². The molecule has 0 radical (unpaired) electrons. The summed E-state index contributed by atoms with van der Waals surface area (Å²) in [5.74, 6) is -0.323. The highest BCUT2D eigenvalue weighted by atomic mass is 35.5. The first-order valence-corrected chi connectivity index (χ1v) is 10.0. The van der Waals surface area contributed by atoms with Crippen LogP contribution in [0, 0.1) is 0 Å². The molecule has 2 aromatic rings. The van der Waals surface area contributed by atoms with E-state index in [-0.39, 0.29) is 30.4 Å². The fraction of sp³-hybridized carbons (Fsp3) is 0.333. The zero-order chi connectivity index (χ0) is 18.9. The summed E-state index contributed by atoms with van der Waals surface area (Å²) in [6, 6.07) is 5.25. The van der Waals surface area contributed by atoms with Crippen molar-refractivity contribution in [2.75, 3.05) is 12.0 Å². The van der Waals surface area contributed by atoms with Crippen molar-refractivity contribution in [1.82, 2.24) is 20.4 Å². The van der Waals surface area contributed by atoms with E-state index in [9.17, 15) is 18.0 Å². The molecule has 0 bridgehead atoms. The van der Waals surface area contributed by atoms with Gasteiger partial charge in [-0.2, -0.15) is 4.98 Å². The number of imide groups is 1. The maximum atomic E-state index is 12.3. The van der Waals surface area contributed by atoms with E-state index in [1.54, 1.807) is 24.3 Å². The van der Waals surface area contributed by atoms with Crippen LogP contribution in [0.4, 0.5) is 4.79 Å². The summed E-state index contributed by atoms with van der Waals surface area (Å²) in [5, 5.41) is 6.80. The summed E-state index contributed by atoms with van der Waals surface area (Å²) in [6.07, 6.45) is 1.09. The third kappa shape index (κ3) is 4.20. The topological polar surface area (TPSA) is 122 Å². The normalized spacial score (nSPS) is 17.6. The van der Waals surface area contributed by atoms with Gasteiger partial charge in [-0.05, 0) is 30.7 Å². The van der Waals surface area contributed by atoms with Gasteiger partial charge >= 0.3 is 6.03 Å². The van der Waals surface area contributed by atoms with Gasteiger partial charge in [-0.15, -0.1) is 0 Å². The van der Waals surface area contributed by atoms with Crippen LogP contribution in [0.15, 0.2) is 28.8 Å². The first kappa shape index (κ1) is 18.3. The van der Waals surface area contributed by atoms with E-state index < -0.39 is 27.8 Å². The molecule has 0 aliphatic carbocycles. The van der Waals surface area contributed by atoms with Crippen molar-refractivity contribution in [1.29, 1.82) is 0 Å².